The molecule has 9 nitrogen and oxygen atoms in total. The summed E-state index contributed by atoms with van der Waals surface area (Å²) in [4.78, 5) is 34.1. The van der Waals surface area contributed by atoms with Crippen molar-refractivity contribution in [1.82, 2.24) is 20.2 Å². The fourth-order valence-corrected chi connectivity index (χ4v) is 9.74. The molecule has 0 radical (unpaired) electrons. The molecule has 6 atom stereocenters. The molecule has 3 aromatic carbocycles. The number of aromatic nitrogens is 2. The Kier molecular flexibility index (Phi) is 11.9. The van der Waals surface area contributed by atoms with Crippen LogP contribution in [-0.2, 0) is 12.6 Å². The number of aliphatic hydroxyl groups is 1. The molecule has 1 aromatic heterocycles. The van der Waals surface area contributed by atoms with Crippen LogP contribution < -0.4 is 10.6 Å². The molecule has 57 heavy (non-hydrogen) atoms. The Morgan fingerprint density at radius 2 is 1.65 bits per heavy atom. The number of fused-ring (bicyclic) bond motifs is 5. The van der Waals surface area contributed by atoms with Crippen LogP contribution in [0.1, 0.15) is 109 Å². The number of carbonyl (C=O) groups excluding carboxylic acids is 2. The van der Waals surface area contributed by atoms with E-state index in [1.807, 2.05) is 43.3 Å². The van der Waals surface area contributed by atoms with E-state index >= 15 is 0 Å². The van der Waals surface area contributed by atoms with Gasteiger partial charge in [-0.3, -0.25) is 14.6 Å². The largest absolute Gasteiger partial charge is 0.508 e. The summed E-state index contributed by atoms with van der Waals surface area (Å²) in [5.74, 6) is 2.27. The maximum absolute atomic E-state index is 13.1. The number of phenols is 1. The first-order chi connectivity index (χ1) is 27.3. The second kappa shape index (κ2) is 16.9. The van der Waals surface area contributed by atoms with Crippen molar-refractivity contribution in [1.29, 1.82) is 0 Å². The van der Waals surface area contributed by atoms with E-state index in [9.17, 15) is 33.0 Å². The quantitative estimate of drug-likeness (QED) is 0.148. The van der Waals surface area contributed by atoms with E-state index in [4.69, 9.17) is 0 Å². The Labute approximate surface area is 332 Å². The summed E-state index contributed by atoms with van der Waals surface area (Å²) in [6.07, 6.45) is 6.43. The smallest absolute Gasteiger partial charge is 0.434 e. The Bertz CT molecular complexity index is 2040. The highest BCUT2D eigenvalue weighted by Gasteiger charge is 2.54. The molecule has 3 fully saturated rings. The molecule has 4 aromatic rings. The average molecular weight is 784 g/mol. The van der Waals surface area contributed by atoms with Crippen molar-refractivity contribution in [3.05, 3.63) is 107 Å². The molecule has 0 spiro atoms. The minimum Gasteiger partial charge on any atom is -0.508 e. The summed E-state index contributed by atoms with van der Waals surface area (Å²) >= 11 is 0. The third-order valence-electron chi connectivity index (χ3n) is 12.8. The number of likely N-dealkylation sites (tertiary alicyclic amines) is 1. The minimum atomic E-state index is -4.57. The summed E-state index contributed by atoms with van der Waals surface area (Å²) in [5, 5.41) is 25.9. The lowest BCUT2D eigenvalue weighted by molar-refractivity contribution is -0.141. The fraction of sp³-hybridized carbons (Fsp3) is 0.467. The number of carbonyl (C=O) groups is 2. The van der Waals surface area contributed by atoms with Crippen molar-refractivity contribution >= 4 is 17.6 Å². The number of alkyl halides is 3. The molecular weight excluding hydrogens is 732 g/mol. The lowest BCUT2D eigenvalue weighted by atomic mass is 9.55. The summed E-state index contributed by atoms with van der Waals surface area (Å²) in [6.45, 7) is 5.85. The second-order valence-electron chi connectivity index (χ2n) is 16.4. The number of hydrogen-bond acceptors (Lipinski definition) is 7. The second-order valence-corrected chi connectivity index (χ2v) is 16.4. The van der Waals surface area contributed by atoms with Gasteiger partial charge in [0.25, 0.3) is 11.8 Å². The molecule has 1 saturated heterocycles. The molecule has 1 aliphatic heterocycles. The number of piperidine rings is 1. The summed E-state index contributed by atoms with van der Waals surface area (Å²) in [5.41, 5.74) is 4.89. The zero-order valence-corrected chi connectivity index (χ0v) is 32.6. The van der Waals surface area contributed by atoms with Crippen LogP contribution in [-0.4, -0.2) is 68.7 Å². The third kappa shape index (κ3) is 8.81. The molecule has 0 bridgehead atoms. The first-order valence-corrected chi connectivity index (χ1v) is 20.3. The number of nitrogens with zero attached hydrogens (tertiary/aromatic N) is 3. The number of halogens is 3. The zero-order chi connectivity index (χ0) is 40.3. The summed E-state index contributed by atoms with van der Waals surface area (Å²) in [6, 6.07) is 20.2. The molecular formula is C45H52F3N5O4. The Balaban J connectivity index is 0.000000206. The van der Waals surface area contributed by atoms with Gasteiger partial charge >= 0.3 is 6.18 Å². The van der Waals surface area contributed by atoms with Crippen LogP contribution in [0, 0.1) is 17.3 Å². The lowest BCUT2D eigenvalue weighted by Crippen LogP contribution is -2.45. The number of phenolic OH excluding ortho intramolecular Hbond substituents is 1. The van der Waals surface area contributed by atoms with Crippen LogP contribution >= 0.6 is 0 Å². The van der Waals surface area contributed by atoms with Gasteiger partial charge in [0, 0.05) is 36.8 Å². The number of hydrogen-bond donors (Lipinski definition) is 4. The van der Waals surface area contributed by atoms with Gasteiger partial charge in [0.05, 0.1) is 18.5 Å². The monoisotopic (exact) mass is 783 g/mol. The van der Waals surface area contributed by atoms with Crippen LogP contribution in [0.3, 0.4) is 0 Å². The Morgan fingerprint density at radius 1 is 0.930 bits per heavy atom. The number of rotatable bonds is 7. The number of anilines is 1. The van der Waals surface area contributed by atoms with Crippen molar-refractivity contribution in [2.45, 2.75) is 95.9 Å². The predicted molar refractivity (Wildman–Crippen MR) is 213 cm³/mol. The van der Waals surface area contributed by atoms with Gasteiger partial charge in [0.2, 0.25) is 0 Å². The highest BCUT2D eigenvalue weighted by atomic mass is 19.4. The average Bonchev–Trinajstić information content (AvgIpc) is 3.53. The first kappa shape index (κ1) is 40.2. The molecule has 302 valence electrons. The predicted octanol–water partition coefficient (Wildman–Crippen LogP) is 8.63. The minimum absolute atomic E-state index is 0.0346. The maximum Gasteiger partial charge on any atom is 0.434 e. The van der Waals surface area contributed by atoms with Crippen molar-refractivity contribution in [2.75, 3.05) is 25.0 Å². The van der Waals surface area contributed by atoms with E-state index in [-0.39, 0.29) is 35.2 Å². The van der Waals surface area contributed by atoms with Gasteiger partial charge in [-0.15, -0.1) is 0 Å². The van der Waals surface area contributed by atoms with E-state index in [2.05, 4.69) is 33.6 Å². The maximum atomic E-state index is 13.1. The molecule has 4 N–H and O–H groups in total. The summed E-state index contributed by atoms with van der Waals surface area (Å²) < 4.78 is 38.8. The molecule has 5 unspecified atom stereocenters. The molecule has 4 aliphatic rings. The van der Waals surface area contributed by atoms with Crippen LogP contribution in [0.15, 0.2) is 79.1 Å². The van der Waals surface area contributed by atoms with E-state index in [0.717, 1.165) is 42.7 Å². The van der Waals surface area contributed by atoms with Crippen molar-refractivity contribution in [2.24, 2.45) is 17.3 Å². The Morgan fingerprint density at radius 3 is 2.35 bits per heavy atom. The number of benzene rings is 3. The van der Waals surface area contributed by atoms with Gasteiger partial charge in [0.1, 0.15) is 11.6 Å². The number of nitrogens with one attached hydrogen (secondary N) is 2. The number of amides is 2. The molecule has 8 rings (SSSR count). The fourth-order valence-electron chi connectivity index (χ4n) is 9.74. The van der Waals surface area contributed by atoms with Crippen molar-refractivity contribution in [3.8, 4) is 16.9 Å². The molecule has 2 heterocycles. The van der Waals surface area contributed by atoms with Gasteiger partial charge in [-0.1, -0.05) is 44.2 Å². The number of aliphatic hydroxyl groups excluding tert-OH is 1. The van der Waals surface area contributed by atoms with Crippen LogP contribution in [0.2, 0.25) is 0 Å². The van der Waals surface area contributed by atoms with Gasteiger partial charge in [0.15, 0.2) is 5.69 Å². The molecule has 2 amide bonds. The van der Waals surface area contributed by atoms with Gasteiger partial charge in [-0.05, 0) is 140 Å². The highest BCUT2D eigenvalue weighted by Crippen LogP contribution is 2.61. The molecule has 2 saturated carbocycles. The van der Waals surface area contributed by atoms with E-state index in [0.29, 0.717) is 67.4 Å². The normalized spacial score (nSPS) is 25.2. The van der Waals surface area contributed by atoms with Crippen LogP contribution in [0.4, 0.5) is 19.0 Å². The standard InChI is InChI=1S/C27H28F3N5O2.C18H24O2/c1-2-13-32-25(36)20-9-5-18(6-10-20)19-7-11-21(12-8-19)26(37)35-14-3-4-22(17-35)33-24-16-31-15-23(34-24)27(28,29)30;1-18-9-8-14-13-5-3-12(19)10-11(13)2-4-15(14)16(18)6-7-17(18)20/h5-12,15-16,22H,2-4,13-14,17H2,1H3,(H,32,36)(H,33,34);3,5,10,14-17,19-20H,2,4,6-9H2,1H3/t;14?,15-,16?,17?,18?/m.1/s1. The van der Waals surface area contributed by atoms with Gasteiger partial charge in [-0.2, -0.15) is 13.2 Å². The number of aromatic hydroxyl groups is 1. The zero-order valence-electron chi connectivity index (χ0n) is 32.6. The molecule has 12 heteroatoms. The van der Waals surface area contributed by atoms with E-state index in [1.54, 1.807) is 29.2 Å². The van der Waals surface area contributed by atoms with Crippen molar-refractivity contribution in [3.63, 3.8) is 0 Å². The topological polar surface area (TPSA) is 128 Å². The van der Waals surface area contributed by atoms with Gasteiger partial charge in [-0.25, -0.2) is 4.98 Å². The third-order valence-corrected chi connectivity index (χ3v) is 12.8. The Hall–Kier alpha value is -4.97. The summed E-state index contributed by atoms with van der Waals surface area (Å²) in [7, 11) is 0. The lowest BCUT2D eigenvalue weighted by Gasteiger charge is -2.50. The van der Waals surface area contributed by atoms with Crippen molar-refractivity contribution < 1.29 is 33.0 Å². The highest BCUT2D eigenvalue weighted by molar-refractivity contribution is 5.95. The van der Waals surface area contributed by atoms with Gasteiger partial charge < -0.3 is 25.7 Å². The van der Waals surface area contributed by atoms with E-state index in [1.165, 1.54) is 36.6 Å². The molecule has 3 aliphatic carbocycles. The van der Waals surface area contributed by atoms with Crippen LogP contribution in [0.25, 0.3) is 11.1 Å². The first-order valence-electron chi connectivity index (χ1n) is 20.3. The number of aryl methyl sites for hydroxylation is 1. The van der Waals surface area contributed by atoms with E-state index < -0.39 is 11.9 Å². The van der Waals surface area contributed by atoms with Crippen LogP contribution in [0.5, 0.6) is 5.75 Å². The SMILES string of the molecule is CC12CCC3c4ccc(O)cc4CC[C@H]3C1CCC2O.CCCNC(=O)c1ccc(-c2ccc(C(=O)N3CCCC(Nc4cncc(C(F)(F)F)n4)C3)cc2)cc1.